The van der Waals surface area contributed by atoms with Crippen LogP contribution in [0.15, 0.2) is 0 Å². The Kier molecular flexibility index (Phi) is 14.1. The molecule has 6 nitrogen and oxygen atoms in total. The number of piperazine rings is 1. The average Bonchev–Trinajstić information content (AvgIpc) is 2.61. The van der Waals surface area contributed by atoms with Crippen LogP contribution in [0.1, 0.15) is 52.4 Å². The topological polar surface area (TPSA) is 69.9 Å². The lowest BCUT2D eigenvalue weighted by molar-refractivity contribution is -0.136. The number of nitrogens with two attached hydrogens (primary N) is 1. The zero-order chi connectivity index (χ0) is 18.9. The maximum Gasteiger partial charge on any atom is 0.236 e. The quantitative estimate of drug-likeness (QED) is 0.590. The molecule has 0 aromatic carbocycles. The molecule has 2 amide bonds. The fourth-order valence-electron chi connectivity index (χ4n) is 4.25. The summed E-state index contributed by atoms with van der Waals surface area (Å²) in [6.45, 7) is 10.6. The van der Waals surface area contributed by atoms with Crippen LogP contribution in [0.4, 0.5) is 0 Å². The van der Waals surface area contributed by atoms with E-state index in [1.807, 2.05) is 9.80 Å². The van der Waals surface area contributed by atoms with Gasteiger partial charge in [-0.15, -0.1) is 24.8 Å². The van der Waals surface area contributed by atoms with Crippen molar-refractivity contribution >= 4 is 36.6 Å². The van der Waals surface area contributed by atoms with Gasteiger partial charge in [0, 0.05) is 45.7 Å². The number of likely N-dealkylation sites (tertiary alicyclic amines) is 1. The van der Waals surface area contributed by atoms with Gasteiger partial charge in [-0.3, -0.25) is 14.5 Å². The zero-order valence-corrected chi connectivity index (χ0v) is 19.2. The minimum Gasteiger partial charge on any atom is -0.341 e. The highest BCUT2D eigenvalue weighted by Gasteiger charge is 2.28. The number of carbonyl (C=O) groups is 2. The van der Waals surface area contributed by atoms with Gasteiger partial charge >= 0.3 is 0 Å². The van der Waals surface area contributed by atoms with Crippen LogP contribution in [0.25, 0.3) is 0 Å². The van der Waals surface area contributed by atoms with Crippen molar-refractivity contribution in [3.63, 3.8) is 0 Å². The van der Waals surface area contributed by atoms with E-state index < -0.39 is 0 Å². The van der Waals surface area contributed by atoms with Crippen LogP contribution in [0.3, 0.4) is 0 Å². The maximum atomic E-state index is 12.6. The molecule has 0 aromatic rings. The molecule has 2 unspecified atom stereocenters. The summed E-state index contributed by atoms with van der Waals surface area (Å²) in [6, 6.07) is 0. The molecule has 2 rings (SSSR count). The summed E-state index contributed by atoms with van der Waals surface area (Å²) < 4.78 is 0. The molecule has 2 N–H and O–H groups in total. The Morgan fingerprint density at radius 3 is 1.96 bits per heavy atom. The molecule has 2 atom stereocenters. The molecular formula is C20H40Cl2N4O2. The van der Waals surface area contributed by atoms with Gasteiger partial charge in [-0.1, -0.05) is 26.7 Å². The highest BCUT2D eigenvalue weighted by Crippen LogP contribution is 2.21. The highest BCUT2D eigenvalue weighted by atomic mass is 35.5. The number of hydrogen-bond donors (Lipinski definition) is 1. The minimum atomic E-state index is 0. The fraction of sp³-hybridized carbons (Fsp3) is 0.900. The Hall–Kier alpha value is -0.560. The third kappa shape index (κ3) is 9.29. The normalized spacial score (nSPS) is 23.0. The molecule has 2 fully saturated rings. The van der Waals surface area contributed by atoms with Crippen molar-refractivity contribution in [2.75, 3.05) is 52.4 Å². The van der Waals surface area contributed by atoms with Crippen molar-refractivity contribution < 1.29 is 9.59 Å². The second-order valence-electron chi connectivity index (χ2n) is 8.35. The van der Waals surface area contributed by atoms with E-state index in [0.29, 0.717) is 24.8 Å². The molecule has 2 saturated heterocycles. The number of hydrogen-bond acceptors (Lipinski definition) is 4. The van der Waals surface area contributed by atoms with Crippen molar-refractivity contribution in [2.45, 2.75) is 52.4 Å². The highest BCUT2D eigenvalue weighted by molar-refractivity contribution is 5.85. The van der Waals surface area contributed by atoms with Gasteiger partial charge in [-0.05, 0) is 37.6 Å². The molecule has 0 saturated carbocycles. The molecule has 8 heteroatoms. The van der Waals surface area contributed by atoms with Gasteiger partial charge in [0.25, 0.3) is 0 Å². The molecule has 166 valence electrons. The SMILES string of the molecule is CC1CC(C)CN(C(=O)CN2CCN(C(=O)CCCCCCN)CC2)C1.Cl.Cl. The molecule has 2 aliphatic rings. The zero-order valence-electron chi connectivity index (χ0n) is 17.6. The first kappa shape index (κ1) is 27.4. The Bertz CT molecular complexity index is 449. The van der Waals surface area contributed by atoms with Gasteiger partial charge in [-0.25, -0.2) is 0 Å². The van der Waals surface area contributed by atoms with Gasteiger partial charge < -0.3 is 15.5 Å². The molecule has 2 aliphatic heterocycles. The summed E-state index contributed by atoms with van der Waals surface area (Å²) in [5, 5.41) is 0. The van der Waals surface area contributed by atoms with Crippen molar-refractivity contribution in [1.82, 2.24) is 14.7 Å². The number of piperidine rings is 1. The maximum absolute atomic E-state index is 12.6. The largest absolute Gasteiger partial charge is 0.341 e. The lowest BCUT2D eigenvalue weighted by Gasteiger charge is -2.38. The average molecular weight is 439 g/mol. The lowest BCUT2D eigenvalue weighted by Crippen LogP contribution is -2.53. The summed E-state index contributed by atoms with van der Waals surface area (Å²) in [7, 11) is 0. The number of rotatable bonds is 8. The van der Waals surface area contributed by atoms with Gasteiger partial charge in [0.15, 0.2) is 0 Å². The molecule has 0 radical (unpaired) electrons. The molecular weight excluding hydrogens is 399 g/mol. The monoisotopic (exact) mass is 438 g/mol. The molecule has 28 heavy (non-hydrogen) atoms. The molecule has 2 heterocycles. The van der Waals surface area contributed by atoms with Crippen molar-refractivity contribution in [2.24, 2.45) is 17.6 Å². The van der Waals surface area contributed by atoms with Gasteiger partial charge in [0.1, 0.15) is 0 Å². The van der Waals surface area contributed by atoms with Crippen LogP contribution in [-0.4, -0.2) is 78.9 Å². The third-order valence-corrected chi connectivity index (χ3v) is 5.65. The Morgan fingerprint density at radius 2 is 1.39 bits per heavy atom. The van der Waals surface area contributed by atoms with Crippen molar-refractivity contribution in [3.05, 3.63) is 0 Å². The first-order valence-corrected chi connectivity index (χ1v) is 10.5. The predicted molar refractivity (Wildman–Crippen MR) is 119 cm³/mol. The van der Waals surface area contributed by atoms with Crippen molar-refractivity contribution in [1.29, 1.82) is 0 Å². The Labute approximate surface area is 183 Å². The van der Waals surface area contributed by atoms with Crippen LogP contribution in [-0.2, 0) is 9.59 Å². The molecule has 0 bridgehead atoms. The van der Waals surface area contributed by atoms with Crippen LogP contribution in [0, 0.1) is 11.8 Å². The van der Waals surface area contributed by atoms with E-state index in [9.17, 15) is 9.59 Å². The second kappa shape index (κ2) is 14.4. The van der Waals surface area contributed by atoms with Crippen LogP contribution >= 0.6 is 24.8 Å². The molecule has 0 aliphatic carbocycles. The first-order valence-electron chi connectivity index (χ1n) is 10.5. The smallest absolute Gasteiger partial charge is 0.236 e. The lowest BCUT2D eigenvalue weighted by atomic mass is 9.92. The summed E-state index contributed by atoms with van der Waals surface area (Å²) in [6.07, 6.45) is 6.08. The van der Waals surface area contributed by atoms with E-state index in [2.05, 4.69) is 18.7 Å². The summed E-state index contributed by atoms with van der Waals surface area (Å²) in [5.41, 5.74) is 5.49. The van der Waals surface area contributed by atoms with Crippen LogP contribution in [0.2, 0.25) is 0 Å². The van der Waals surface area contributed by atoms with Crippen LogP contribution < -0.4 is 5.73 Å². The first-order chi connectivity index (χ1) is 12.5. The van der Waals surface area contributed by atoms with E-state index in [0.717, 1.165) is 71.5 Å². The predicted octanol–water partition coefficient (Wildman–Crippen LogP) is 2.39. The van der Waals surface area contributed by atoms with Gasteiger partial charge in [0.2, 0.25) is 11.8 Å². The van der Waals surface area contributed by atoms with E-state index in [1.54, 1.807) is 0 Å². The summed E-state index contributed by atoms with van der Waals surface area (Å²) in [4.78, 5) is 31.1. The number of unbranched alkanes of at least 4 members (excludes halogenated alkanes) is 3. The van der Waals surface area contributed by atoms with E-state index in [-0.39, 0.29) is 36.6 Å². The number of amides is 2. The Morgan fingerprint density at radius 1 is 0.821 bits per heavy atom. The Balaban J connectivity index is 0.00000364. The van der Waals surface area contributed by atoms with Crippen LogP contribution in [0.5, 0.6) is 0 Å². The molecule has 0 spiro atoms. The standard InChI is InChI=1S/C20H38N4O2.2ClH/c1-17-13-18(2)15-24(14-17)20(26)16-22-9-11-23(12-10-22)19(25)7-5-3-4-6-8-21;;/h17-18H,3-16,21H2,1-2H3;2*1H. The van der Waals surface area contributed by atoms with E-state index in [1.165, 1.54) is 6.42 Å². The minimum absolute atomic E-state index is 0. The van der Waals surface area contributed by atoms with Crippen molar-refractivity contribution in [3.8, 4) is 0 Å². The molecule has 0 aromatic heterocycles. The van der Waals surface area contributed by atoms with E-state index >= 15 is 0 Å². The summed E-state index contributed by atoms with van der Waals surface area (Å²) in [5.74, 6) is 1.72. The van der Waals surface area contributed by atoms with E-state index in [4.69, 9.17) is 5.73 Å². The number of halogens is 2. The van der Waals surface area contributed by atoms with Gasteiger partial charge in [-0.2, -0.15) is 0 Å². The number of nitrogens with zero attached hydrogens (tertiary/aromatic N) is 3. The summed E-state index contributed by atoms with van der Waals surface area (Å²) >= 11 is 0. The third-order valence-electron chi connectivity index (χ3n) is 5.65. The number of carbonyl (C=O) groups excluding carboxylic acids is 2. The van der Waals surface area contributed by atoms with Gasteiger partial charge in [0.05, 0.1) is 6.54 Å². The second-order valence-corrected chi connectivity index (χ2v) is 8.35. The fourth-order valence-corrected chi connectivity index (χ4v) is 4.25.